The molecule has 0 bridgehead atoms. The topological polar surface area (TPSA) is 55.4 Å². The number of hydrogen-bond donors (Lipinski definition) is 1. The summed E-state index contributed by atoms with van der Waals surface area (Å²) in [5.41, 5.74) is 0.882. The monoisotopic (exact) mass is 329 g/mol. The molecule has 1 aliphatic carbocycles. The second-order valence-electron chi connectivity index (χ2n) is 5.88. The number of aryl methyl sites for hydroxylation is 1. The number of thiophene rings is 1. The first-order chi connectivity index (χ1) is 9.90. The predicted molar refractivity (Wildman–Crippen MR) is 85.4 cm³/mol. The summed E-state index contributed by atoms with van der Waals surface area (Å²) in [5, 5.41) is 3.46. The van der Waals surface area contributed by atoms with Crippen LogP contribution in [0.2, 0.25) is 0 Å². The number of esters is 1. The zero-order chi connectivity index (χ0) is 15.6. The van der Waals surface area contributed by atoms with Gasteiger partial charge in [0.2, 0.25) is 5.91 Å². The number of rotatable bonds is 4. The van der Waals surface area contributed by atoms with Gasteiger partial charge < -0.3 is 10.1 Å². The van der Waals surface area contributed by atoms with Gasteiger partial charge in [-0.05, 0) is 45.1 Å². The Labute approximate surface area is 133 Å². The third-order valence-corrected chi connectivity index (χ3v) is 5.61. The third kappa shape index (κ3) is 3.24. The fourth-order valence-electron chi connectivity index (χ4n) is 2.30. The maximum Gasteiger partial charge on any atom is 0.341 e. The summed E-state index contributed by atoms with van der Waals surface area (Å²) in [4.78, 5) is 25.6. The van der Waals surface area contributed by atoms with Crippen LogP contribution in [0.25, 0.3) is 0 Å². The van der Waals surface area contributed by atoms with Crippen molar-refractivity contribution in [1.82, 2.24) is 0 Å². The molecular formula is C15H20ClNO3S. The fraction of sp³-hybridized carbons (Fsp3) is 0.600. The fourth-order valence-corrected chi connectivity index (χ4v) is 3.70. The number of ether oxygens (including phenoxy) is 1. The molecule has 0 aromatic carbocycles. The van der Waals surface area contributed by atoms with Crippen molar-refractivity contribution in [2.45, 2.75) is 39.5 Å². The summed E-state index contributed by atoms with van der Waals surface area (Å²) in [7, 11) is 1.36. The highest BCUT2D eigenvalue weighted by Crippen LogP contribution is 2.39. The van der Waals surface area contributed by atoms with Gasteiger partial charge in [-0.25, -0.2) is 4.79 Å². The summed E-state index contributed by atoms with van der Waals surface area (Å²) in [6.45, 7) is 3.56. The molecule has 1 heterocycles. The van der Waals surface area contributed by atoms with Crippen LogP contribution in [0.1, 0.15) is 47.5 Å². The van der Waals surface area contributed by atoms with E-state index in [1.165, 1.54) is 23.3 Å². The molecule has 1 aromatic heterocycles. The van der Waals surface area contributed by atoms with Crippen molar-refractivity contribution in [3.8, 4) is 0 Å². The van der Waals surface area contributed by atoms with Crippen LogP contribution in [-0.2, 0) is 22.4 Å². The Morgan fingerprint density at radius 1 is 1.33 bits per heavy atom. The summed E-state index contributed by atoms with van der Waals surface area (Å²) in [6, 6.07) is 0. The molecule has 21 heavy (non-hydrogen) atoms. The van der Waals surface area contributed by atoms with Gasteiger partial charge in [0.25, 0.3) is 0 Å². The van der Waals surface area contributed by atoms with Gasteiger partial charge in [-0.3, -0.25) is 4.79 Å². The quantitative estimate of drug-likeness (QED) is 0.678. The zero-order valence-corrected chi connectivity index (χ0v) is 14.1. The highest BCUT2D eigenvalue weighted by Gasteiger charge is 2.31. The second kappa shape index (κ2) is 6.36. The van der Waals surface area contributed by atoms with Crippen LogP contribution in [0, 0.1) is 5.41 Å². The number of amides is 1. The van der Waals surface area contributed by atoms with Crippen LogP contribution in [-0.4, -0.2) is 24.9 Å². The Hall–Kier alpha value is -1.07. The van der Waals surface area contributed by atoms with Crippen molar-refractivity contribution in [2.75, 3.05) is 18.3 Å². The lowest BCUT2D eigenvalue weighted by Gasteiger charge is -2.20. The number of anilines is 1. The lowest BCUT2D eigenvalue weighted by atomic mass is 9.94. The molecule has 6 heteroatoms. The standard InChI is InChI=1S/C15H20ClNO3S/c1-15(2,8-16)14(19)17-12-11(13(18)20-3)9-6-4-5-7-10(9)21-12/h4-8H2,1-3H3,(H,17,19). The van der Waals surface area contributed by atoms with E-state index in [2.05, 4.69) is 5.32 Å². The minimum absolute atomic E-state index is 0.179. The molecule has 0 radical (unpaired) electrons. The van der Waals surface area contributed by atoms with Gasteiger partial charge in [-0.1, -0.05) is 0 Å². The number of alkyl halides is 1. The van der Waals surface area contributed by atoms with Crippen molar-refractivity contribution in [3.63, 3.8) is 0 Å². The minimum Gasteiger partial charge on any atom is -0.465 e. The van der Waals surface area contributed by atoms with Crippen molar-refractivity contribution < 1.29 is 14.3 Å². The highest BCUT2D eigenvalue weighted by atomic mass is 35.5. The summed E-state index contributed by atoms with van der Waals surface area (Å²) in [5.74, 6) is -0.341. The number of halogens is 1. The Morgan fingerprint density at radius 2 is 2.00 bits per heavy atom. The van der Waals surface area contributed by atoms with Crippen LogP contribution in [0.3, 0.4) is 0 Å². The highest BCUT2D eigenvalue weighted by molar-refractivity contribution is 7.17. The van der Waals surface area contributed by atoms with E-state index in [1.807, 2.05) is 0 Å². The van der Waals surface area contributed by atoms with E-state index in [0.717, 1.165) is 31.2 Å². The van der Waals surface area contributed by atoms with Crippen LogP contribution < -0.4 is 5.32 Å². The SMILES string of the molecule is COC(=O)c1c(NC(=O)C(C)(C)CCl)sc2c1CCCC2. The molecular weight excluding hydrogens is 310 g/mol. The van der Waals surface area contributed by atoms with Gasteiger partial charge in [0.05, 0.1) is 18.1 Å². The number of fused-ring (bicyclic) bond motifs is 1. The van der Waals surface area contributed by atoms with Gasteiger partial charge in [-0.15, -0.1) is 22.9 Å². The van der Waals surface area contributed by atoms with Gasteiger partial charge >= 0.3 is 5.97 Å². The molecule has 1 aliphatic rings. The number of hydrogen-bond acceptors (Lipinski definition) is 4. The van der Waals surface area contributed by atoms with Crippen LogP contribution in [0.4, 0.5) is 5.00 Å². The van der Waals surface area contributed by atoms with Crippen LogP contribution >= 0.6 is 22.9 Å². The van der Waals surface area contributed by atoms with E-state index in [4.69, 9.17) is 16.3 Å². The van der Waals surface area contributed by atoms with Gasteiger partial charge in [0, 0.05) is 10.8 Å². The van der Waals surface area contributed by atoms with E-state index in [1.54, 1.807) is 13.8 Å². The lowest BCUT2D eigenvalue weighted by molar-refractivity contribution is -0.122. The van der Waals surface area contributed by atoms with Gasteiger partial charge in [0.15, 0.2) is 0 Å². The first-order valence-corrected chi connectivity index (χ1v) is 8.36. The zero-order valence-electron chi connectivity index (χ0n) is 12.5. The van der Waals surface area contributed by atoms with E-state index in [-0.39, 0.29) is 17.8 Å². The number of carbonyl (C=O) groups is 2. The van der Waals surface area contributed by atoms with E-state index in [9.17, 15) is 9.59 Å². The van der Waals surface area contributed by atoms with Crippen LogP contribution in [0.5, 0.6) is 0 Å². The van der Waals surface area contributed by atoms with E-state index < -0.39 is 5.41 Å². The normalized spacial score (nSPS) is 14.5. The largest absolute Gasteiger partial charge is 0.465 e. The Kier molecular flexibility index (Phi) is 4.94. The Morgan fingerprint density at radius 3 is 2.62 bits per heavy atom. The van der Waals surface area contributed by atoms with Crippen molar-refractivity contribution >= 4 is 39.8 Å². The number of methoxy groups -OCH3 is 1. The predicted octanol–water partition coefficient (Wildman–Crippen LogP) is 3.62. The summed E-state index contributed by atoms with van der Waals surface area (Å²) >= 11 is 7.32. The molecule has 116 valence electrons. The molecule has 4 nitrogen and oxygen atoms in total. The molecule has 2 rings (SSSR count). The minimum atomic E-state index is -0.681. The molecule has 0 saturated heterocycles. The molecule has 0 unspecified atom stereocenters. The van der Waals surface area contributed by atoms with Crippen molar-refractivity contribution in [1.29, 1.82) is 0 Å². The van der Waals surface area contributed by atoms with E-state index >= 15 is 0 Å². The Bertz CT molecular complexity index is 566. The number of carbonyl (C=O) groups excluding carboxylic acids is 2. The molecule has 1 amide bonds. The summed E-state index contributed by atoms with van der Waals surface area (Å²) < 4.78 is 4.89. The van der Waals surface area contributed by atoms with Crippen molar-refractivity contribution in [3.05, 3.63) is 16.0 Å². The lowest BCUT2D eigenvalue weighted by Crippen LogP contribution is -2.32. The van der Waals surface area contributed by atoms with Crippen LogP contribution in [0.15, 0.2) is 0 Å². The molecule has 0 fully saturated rings. The first kappa shape index (κ1) is 16.3. The molecule has 0 saturated carbocycles. The molecule has 0 atom stereocenters. The van der Waals surface area contributed by atoms with E-state index in [0.29, 0.717) is 10.6 Å². The molecule has 1 N–H and O–H groups in total. The molecule has 1 aromatic rings. The summed E-state index contributed by atoms with van der Waals surface area (Å²) in [6.07, 6.45) is 4.01. The smallest absolute Gasteiger partial charge is 0.341 e. The van der Waals surface area contributed by atoms with Gasteiger partial charge in [0.1, 0.15) is 5.00 Å². The molecule has 0 spiro atoms. The average molecular weight is 330 g/mol. The Balaban J connectivity index is 2.37. The maximum atomic E-state index is 12.3. The van der Waals surface area contributed by atoms with Gasteiger partial charge in [-0.2, -0.15) is 0 Å². The second-order valence-corrected chi connectivity index (χ2v) is 7.25. The third-order valence-electron chi connectivity index (χ3n) is 3.74. The molecule has 0 aliphatic heterocycles. The number of nitrogens with one attached hydrogen (secondary N) is 1. The van der Waals surface area contributed by atoms with Crippen molar-refractivity contribution in [2.24, 2.45) is 5.41 Å². The maximum absolute atomic E-state index is 12.3. The average Bonchev–Trinajstić information content (AvgIpc) is 2.84. The first-order valence-electron chi connectivity index (χ1n) is 7.01.